The van der Waals surface area contributed by atoms with Gasteiger partial charge in [-0.25, -0.2) is 4.39 Å². The average molecular weight is 423 g/mol. The second kappa shape index (κ2) is 8.08. The first-order chi connectivity index (χ1) is 14.5. The largest absolute Gasteiger partial charge is 0.507 e. The number of benzene rings is 2. The van der Waals surface area contributed by atoms with Crippen LogP contribution in [0.2, 0.25) is 5.02 Å². The number of ketones is 1. The number of carbonyl (C=O) groups excluding carboxylic acids is 2. The maximum absolute atomic E-state index is 13.3. The lowest BCUT2D eigenvalue weighted by molar-refractivity contribution is -0.140. The highest BCUT2D eigenvalue weighted by molar-refractivity contribution is 6.46. The molecule has 1 aromatic heterocycles. The van der Waals surface area contributed by atoms with Gasteiger partial charge in [0.25, 0.3) is 11.7 Å². The van der Waals surface area contributed by atoms with Crippen LogP contribution in [0.4, 0.5) is 4.39 Å². The van der Waals surface area contributed by atoms with Gasteiger partial charge in [-0.1, -0.05) is 35.9 Å². The van der Waals surface area contributed by atoms with E-state index in [-0.39, 0.29) is 23.4 Å². The molecule has 1 aliphatic rings. The minimum atomic E-state index is -0.899. The van der Waals surface area contributed by atoms with Crippen LogP contribution in [0.25, 0.3) is 5.76 Å². The Balaban J connectivity index is 1.88. The van der Waals surface area contributed by atoms with E-state index in [1.54, 1.807) is 48.8 Å². The van der Waals surface area contributed by atoms with Crippen LogP contribution in [-0.2, 0) is 16.1 Å². The van der Waals surface area contributed by atoms with Crippen LogP contribution in [0.5, 0.6) is 0 Å². The molecule has 0 aliphatic carbocycles. The summed E-state index contributed by atoms with van der Waals surface area (Å²) in [6.07, 6.45) is 3.21. The molecule has 1 atom stereocenters. The van der Waals surface area contributed by atoms with E-state index in [1.807, 2.05) is 0 Å². The van der Waals surface area contributed by atoms with Crippen molar-refractivity contribution in [3.63, 3.8) is 0 Å². The van der Waals surface area contributed by atoms with Gasteiger partial charge in [0.1, 0.15) is 11.6 Å². The first kappa shape index (κ1) is 19.8. The minimum absolute atomic E-state index is 0.0939. The number of carbonyl (C=O) groups is 2. The summed E-state index contributed by atoms with van der Waals surface area (Å²) in [5, 5.41) is 11.3. The Morgan fingerprint density at radius 1 is 1.07 bits per heavy atom. The lowest BCUT2D eigenvalue weighted by Crippen LogP contribution is -2.29. The third kappa shape index (κ3) is 3.57. The molecule has 1 fully saturated rings. The highest BCUT2D eigenvalue weighted by Crippen LogP contribution is 2.42. The number of amides is 1. The topological polar surface area (TPSA) is 70.5 Å². The number of aromatic nitrogens is 1. The van der Waals surface area contributed by atoms with Crippen molar-refractivity contribution in [3.05, 3.63) is 106 Å². The van der Waals surface area contributed by atoms with E-state index in [0.29, 0.717) is 10.6 Å². The lowest BCUT2D eigenvalue weighted by atomic mass is 9.95. The summed E-state index contributed by atoms with van der Waals surface area (Å²) >= 11 is 6.39. The molecule has 1 aliphatic heterocycles. The van der Waals surface area contributed by atoms with Crippen LogP contribution in [-0.4, -0.2) is 26.7 Å². The Bertz CT molecular complexity index is 1150. The Morgan fingerprint density at radius 3 is 2.47 bits per heavy atom. The second-order valence-corrected chi connectivity index (χ2v) is 7.22. The van der Waals surface area contributed by atoms with E-state index in [1.165, 1.54) is 29.2 Å². The molecule has 0 unspecified atom stereocenters. The monoisotopic (exact) mass is 422 g/mol. The fraction of sp³-hybridized carbons (Fsp3) is 0.0870. The van der Waals surface area contributed by atoms with E-state index in [9.17, 15) is 19.1 Å². The van der Waals surface area contributed by atoms with E-state index < -0.39 is 23.5 Å². The van der Waals surface area contributed by atoms with Crippen LogP contribution in [0.3, 0.4) is 0 Å². The number of nitrogens with zero attached hydrogens (tertiary/aromatic N) is 2. The van der Waals surface area contributed by atoms with Crippen LogP contribution in [0, 0.1) is 5.82 Å². The summed E-state index contributed by atoms with van der Waals surface area (Å²) in [7, 11) is 0. The number of hydrogen-bond donors (Lipinski definition) is 1. The highest BCUT2D eigenvalue weighted by Gasteiger charge is 2.46. The number of rotatable bonds is 4. The van der Waals surface area contributed by atoms with Crippen LogP contribution >= 0.6 is 11.6 Å². The molecule has 5 nitrogen and oxygen atoms in total. The molecule has 0 radical (unpaired) electrons. The number of pyridine rings is 1. The normalized spacial score (nSPS) is 18.1. The maximum atomic E-state index is 13.3. The zero-order valence-corrected chi connectivity index (χ0v) is 16.4. The summed E-state index contributed by atoms with van der Waals surface area (Å²) < 4.78 is 13.3. The molecule has 1 N–H and O–H groups in total. The van der Waals surface area contributed by atoms with Gasteiger partial charge in [0.2, 0.25) is 0 Å². The molecule has 0 spiro atoms. The molecule has 2 aromatic carbocycles. The van der Waals surface area contributed by atoms with Gasteiger partial charge in [0.05, 0.1) is 11.6 Å². The fourth-order valence-corrected chi connectivity index (χ4v) is 3.75. The van der Waals surface area contributed by atoms with Crippen molar-refractivity contribution < 1.29 is 19.1 Å². The van der Waals surface area contributed by atoms with Crippen molar-refractivity contribution in [1.82, 2.24) is 9.88 Å². The first-order valence-corrected chi connectivity index (χ1v) is 9.53. The van der Waals surface area contributed by atoms with Crippen molar-refractivity contribution in [2.75, 3.05) is 0 Å². The molecule has 7 heteroatoms. The van der Waals surface area contributed by atoms with Crippen molar-refractivity contribution in [3.8, 4) is 0 Å². The summed E-state index contributed by atoms with van der Waals surface area (Å²) in [5.41, 5.74) is 1.36. The number of Topliss-reactive ketones (excluding diaryl/α,β-unsaturated/α-hetero) is 1. The van der Waals surface area contributed by atoms with Gasteiger partial charge in [0, 0.05) is 29.5 Å². The van der Waals surface area contributed by atoms with Gasteiger partial charge in [-0.2, -0.15) is 0 Å². The molecule has 2 heterocycles. The highest BCUT2D eigenvalue weighted by atomic mass is 35.5. The number of hydrogen-bond acceptors (Lipinski definition) is 4. The summed E-state index contributed by atoms with van der Waals surface area (Å²) in [4.78, 5) is 31.3. The predicted octanol–water partition coefficient (Wildman–Crippen LogP) is 4.50. The van der Waals surface area contributed by atoms with Gasteiger partial charge < -0.3 is 10.0 Å². The maximum Gasteiger partial charge on any atom is 0.295 e. The fourth-order valence-electron chi connectivity index (χ4n) is 3.51. The third-order valence-corrected chi connectivity index (χ3v) is 5.28. The molecular weight excluding hydrogens is 407 g/mol. The van der Waals surface area contributed by atoms with E-state index >= 15 is 0 Å². The van der Waals surface area contributed by atoms with Gasteiger partial charge in [0.15, 0.2) is 0 Å². The molecule has 30 heavy (non-hydrogen) atoms. The smallest absolute Gasteiger partial charge is 0.295 e. The lowest BCUT2D eigenvalue weighted by Gasteiger charge is -2.26. The average Bonchev–Trinajstić information content (AvgIpc) is 3.00. The molecule has 1 saturated heterocycles. The Hall–Kier alpha value is -3.51. The van der Waals surface area contributed by atoms with E-state index in [2.05, 4.69) is 4.98 Å². The molecule has 4 rings (SSSR count). The minimum Gasteiger partial charge on any atom is -0.507 e. The SMILES string of the molecule is O=C1C(=O)N(Cc2cccnc2)[C@H](c2ccccc2Cl)C1=C(O)c1ccc(F)cc1. The van der Waals surface area contributed by atoms with Crippen LogP contribution < -0.4 is 0 Å². The van der Waals surface area contributed by atoms with Crippen molar-refractivity contribution in [2.45, 2.75) is 12.6 Å². The van der Waals surface area contributed by atoms with Crippen LogP contribution in [0.1, 0.15) is 22.7 Å². The zero-order chi connectivity index (χ0) is 21.3. The predicted molar refractivity (Wildman–Crippen MR) is 110 cm³/mol. The van der Waals surface area contributed by atoms with Gasteiger partial charge in [-0.3, -0.25) is 14.6 Å². The Labute approximate surface area is 177 Å². The molecule has 0 bridgehead atoms. The quantitative estimate of drug-likeness (QED) is 0.382. The van der Waals surface area contributed by atoms with Crippen LogP contribution in [0.15, 0.2) is 78.6 Å². The number of halogens is 2. The standard InChI is InChI=1S/C23H16ClFN2O3/c24-18-6-2-1-5-17(18)20-19(21(28)15-7-9-16(25)10-8-15)22(29)23(30)27(20)13-14-4-3-11-26-12-14/h1-12,20,28H,13H2/t20-/m1/s1. The zero-order valence-electron chi connectivity index (χ0n) is 15.6. The molecular formula is C23H16ClFN2O3. The number of aliphatic hydroxyl groups excluding tert-OH is 1. The van der Waals surface area contributed by atoms with Gasteiger partial charge in [-0.05, 0) is 47.5 Å². The summed E-state index contributed by atoms with van der Waals surface area (Å²) in [6, 6.07) is 14.5. The summed E-state index contributed by atoms with van der Waals surface area (Å²) in [5.74, 6) is -2.45. The molecule has 0 saturated carbocycles. The Kier molecular flexibility index (Phi) is 5.33. The van der Waals surface area contributed by atoms with Crippen molar-refractivity contribution >= 4 is 29.1 Å². The van der Waals surface area contributed by atoms with E-state index in [0.717, 1.165) is 5.56 Å². The van der Waals surface area contributed by atoms with Crippen molar-refractivity contribution in [1.29, 1.82) is 0 Å². The third-order valence-electron chi connectivity index (χ3n) is 4.93. The van der Waals surface area contributed by atoms with Gasteiger partial charge in [-0.15, -0.1) is 0 Å². The second-order valence-electron chi connectivity index (χ2n) is 6.82. The Morgan fingerprint density at radius 2 is 1.80 bits per heavy atom. The molecule has 1 amide bonds. The number of likely N-dealkylation sites (tertiary alicyclic amines) is 1. The summed E-state index contributed by atoms with van der Waals surface area (Å²) in [6.45, 7) is 0.106. The first-order valence-electron chi connectivity index (χ1n) is 9.15. The van der Waals surface area contributed by atoms with Crippen molar-refractivity contribution in [2.24, 2.45) is 0 Å². The molecule has 150 valence electrons. The van der Waals surface area contributed by atoms with E-state index in [4.69, 9.17) is 11.6 Å². The van der Waals surface area contributed by atoms with Gasteiger partial charge >= 0.3 is 0 Å². The molecule has 3 aromatic rings. The number of aliphatic hydroxyl groups is 1.